The lowest BCUT2D eigenvalue weighted by molar-refractivity contribution is 0.0590. The maximum atomic E-state index is 11.5. The monoisotopic (exact) mass is 211 g/mol. The maximum Gasteiger partial charge on any atom is 0.360 e. The van der Waals surface area contributed by atoms with Crippen LogP contribution in [0.25, 0.3) is 0 Å². The number of aromatic nitrogens is 2. The van der Waals surface area contributed by atoms with E-state index in [4.69, 9.17) is 0 Å². The first kappa shape index (κ1) is 9.50. The fourth-order valence-electron chi connectivity index (χ4n) is 1.41. The van der Waals surface area contributed by atoms with Crippen molar-refractivity contribution in [2.75, 3.05) is 19.0 Å². The van der Waals surface area contributed by atoms with Crippen molar-refractivity contribution in [1.82, 2.24) is 9.55 Å². The maximum absolute atomic E-state index is 11.5. The predicted octanol–water partition coefficient (Wildman–Crippen LogP) is -0.839. The SMILES string of the molecule is COC(=O)c1nc2n(c(=O)c1O)CCN2. The molecule has 1 aromatic rings. The number of anilines is 1. The van der Waals surface area contributed by atoms with Crippen molar-refractivity contribution in [3.63, 3.8) is 0 Å². The molecule has 2 N–H and O–H groups in total. The summed E-state index contributed by atoms with van der Waals surface area (Å²) in [7, 11) is 1.15. The number of hydrogen-bond acceptors (Lipinski definition) is 6. The van der Waals surface area contributed by atoms with Crippen LogP contribution in [0, 0.1) is 0 Å². The van der Waals surface area contributed by atoms with Crippen LogP contribution in [0.5, 0.6) is 5.75 Å². The number of carbonyl (C=O) groups is 1. The average molecular weight is 211 g/mol. The molecular weight excluding hydrogens is 202 g/mol. The van der Waals surface area contributed by atoms with Gasteiger partial charge in [0.05, 0.1) is 7.11 Å². The van der Waals surface area contributed by atoms with Gasteiger partial charge in [0.2, 0.25) is 11.7 Å². The molecule has 0 amide bonds. The Labute approximate surface area is 84.3 Å². The number of aromatic hydroxyl groups is 1. The lowest BCUT2D eigenvalue weighted by atomic mass is 10.3. The van der Waals surface area contributed by atoms with Crippen LogP contribution in [0.1, 0.15) is 10.5 Å². The molecule has 2 heterocycles. The van der Waals surface area contributed by atoms with E-state index in [1.165, 1.54) is 4.57 Å². The second kappa shape index (κ2) is 3.26. The van der Waals surface area contributed by atoms with Crippen LogP contribution in [-0.4, -0.2) is 34.3 Å². The fourth-order valence-corrected chi connectivity index (χ4v) is 1.41. The number of ether oxygens (including phenoxy) is 1. The van der Waals surface area contributed by atoms with E-state index in [0.29, 0.717) is 13.1 Å². The molecule has 0 aromatic carbocycles. The standard InChI is InChI=1S/C8H9N3O4/c1-15-7(14)4-5(12)6(13)11-3-2-9-8(11)10-4/h12H,2-3H2,1H3,(H,9,10). The van der Waals surface area contributed by atoms with Gasteiger partial charge in [0, 0.05) is 13.1 Å². The Morgan fingerprint density at radius 2 is 2.40 bits per heavy atom. The third-order valence-corrected chi connectivity index (χ3v) is 2.14. The van der Waals surface area contributed by atoms with Gasteiger partial charge in [-0.3, -0.25) is 9.36 Å². The van der Waals surface area contributed by atoms with Crippen molar-refractivity contribution >= 4 is 11.9 Å². The second-order valence-electron chi connectivity index (χ2n) is 3.01. The lowest BCUT2D eigenvalue weighted by Crippen LogP contribution is -2.22. The van der Waals surface area contributed by atoms with Crippen molar-refractivity contribution in [3.8, 4) is 5.75 Å². The molecular formula is C8H9N3O4. The number of carbonyl (C=O) groups excluding carboxylic acids is 1. The van der Waals surface area contributed by atoms with Gasteiger partial charge in [-0.25, -0.2) is 9.78 Å². The summed E-state index contributed by atoms with van der Waals surface area (Å²) in [6.07, 6.45) is 0. The minimum atomic E-state index is -0.832. The molecule has 1 aliphatic rings. The third-order valence-electron chi connectivity index (χ3n) is 2.14. The van der Waals surface area contributed by atoms with E-state index in [9.17, 15) is 14.7 Å². The van der Waals surface area contributed by atoms with E-state index in [0.717, 1.165) is 7.11 Å². The van der Waals surface area contributed by atoms with Crippen molar-refractivity contribution in [1.29, 1.82) is 0 Å². The summed E-state index contributed by atoms with van der Waals surface area (Å²) >= 11 is 0. The van der Waals surface area contributed by atoms with Gasteiger partial charge in [0.15, 0.2) is 5.69 Å². The molecule has 1 aliphatic heterocycles. The molecule has 0 aliphatic carbocycles. The molecule has 2 rings (SSSR count). The zero-order valence-corrected chi connectivity index (χ0v) is 7.98. The van der Waals surface area contributed by atoms with Crippen LogP contribution < -0.4 is 10.9 Å². The third kappa shape index (κ3) is 1.32. The first-order chi connectivity index (χ1) is 7.15. The van der Waals surface area contributed by atoms with Crippen LogP contribution >= 0.6 is 0 Å². The molecule has 7 nitrogen and oxygen atoms in total. The summed E-state index contributed by atoms with van der Waals surface area (Å²) < 4.78 is 5.66. The quantitative estimate of drug-likeness (QED) is 0.588. The Morgan fingerprint density at radius 1 is 1.67 bits per heavy atom. The van der Waals surface area contributed by atoms with Gasteiger partial charge >= 0.3 is 5.97 Å². The molecule has 80 valence electrons. The minimum absolute atomic E-state index is 0.276. The number of rotatable bonds is 1. The van der Waals surface area contributed by atoms with Gasteiger partial charge in [-0.15, -0.1) is 0 Å². The largest absolute Gasteiger partial charge is 0.501 e. The Bertz CT molecular complexity index is 480. The highest BCUT2D eigenvalue weighted by molar-refractivity contribution is 5.90. The number of nitrogens with one attached hydrogen (secondary N) is 1. The van der Waals surface area contributed by atoms with E-state index in [-0.39, 0.29) is 11.6 Å². The molecule has 0 unspecified atom stereocenters. The number of esters is 1. The summed E-state index contributed by atoms with van der Waals surface area (Å²) in [5, 5.41) is 12.3. The summed E-state index contributed by atoms with van der Waals surface area (Å²) in [6.45, 7) is 0.975. The number of nitrogens with zero attached hydrogens (tertiary/aromatic N) is 2. The highest BCUT2D eigenvalue weighted by Gasteiger charge is 2.23. The molecule has 0 saturated heterocycles. The van der Waals surface area contributed by atoms with E-state index >= 15 is 0 Å². The zero-order valence-electron chi connectivity index (χ0n) is 7.98. The molecule has 15 heavy (non-hydrogen) atoms. The van der Waals surface area contributed by atoms with Gasteiger partial charge in [-0.05, 0) is 0 Å². The molecule has 1 aromatic heterocycles. The van der Waals surface area contributed by atoms with E-state index in [1.807, 2.05) is 0 Å². The van der Waals surface area contributed by atoms with Crippen molar-refractivity contribution in [2.24, 2.45) is 0 Å². The predicted molar refractivity (Wildman–Crippen MR) is 50.0 cm³/mol. The van der Waals surface area contributed by atoms with Crippen LogP contribution in [0.15, 0.2) is 4.79 Å². The van der Waals surface area contributed by atoms with E-state index < -0.39 is 17.3 Å². The van der Waals surface area contributed by atoms with Gasteiger partial charge in [0.25, 0.3) is 5.56 Å². The highest BCUT2D eigenvalue weighted by atomic mass is 16.5. The summed E-state index contributed by atoms with van der Waals surface area (Å²) in [4.78, 5) is 26.5. The number of hydrogen-bond donors (Lipinski definition) is 2. The van der Waals surface area contributed by atoms with Gasteiger partial charge in [-0.2, -0.15) is 0 Å². The van der Waals surface area contributed by atoms with Crippen LogP contribution in [0.2, 0.25) is 0 Å². The van der Waals surface area contributed by atoms with Gasteiger partial charge < -0.3 is 15.2 Å². The number of methoxy groups -OCH3 is 1. The Kier molecular flexibility index (Phi) is 2.07. The minimum Gasteiger partial charge on any atom is -0.501 e. The van der Waals surface area contributed by atoms with Crippen molar-refractivity contribution in [2.45, 2.75) is 6.54 Å². The molecule has 0 atom stereocenters. The normalized spacial score (nSPS) is 13.1. The first-order valence-electron chi connectivity index (χ1n) is 4.31. The van der Waals surface area contributed by atoms with E-state index in [1.54, 1.807) is 0 Å². The summed E-state index contributed by atoms with van der Waals surface area (Å²) in [5.41, 5.74) is -0.992. The topological polar surface area (TPSA) is 93.5 Å². The van der Waals surface area contributed by atoms with Crippen LogP contribution in [0.3, 0.4) is 0 Å². The van der Waals surface area contributed by atoms with Crippen molar-refractivity contribution in [3.05, 3.63) is 16.0 Å². The molecule has 7 heteroatoms. The highest BCUT2D eigenvalue weighted by Crippen LogP contribution is 2.16. The molecule has 0 fully saturated rings. The molecule has 0 saturated carbocycles. The van der Waals surface area contributed by atoms with Gasteiger partial charge in [-0.1, -0.05) is 0 Å². The zero-order chi connectivity index (χ0) is 11.0. The van der Waals surface area contributed by atoms with Crippen molar-refractivity contribution < 1.29 is 14.6 Å². The Hall–Kier alpha value is -2.05. The fraction of sp³-hybridized carbons (Fsp3) is 0.375. The molecule has 0 bridgehead atoms. The number of fused-ring (bicyclic) bond motifs is 1. The average Bonchev–Trinajstić information content (AvgIpc) is 2.70. The second-order valence-corrected chi connectivity index (χ2v) is 3.01. The first-order valence-corrected chi connectivity index (χ1v) is 4.31. The lowest BCUT2D eigenvalue weighted by Gasteiger charge is -2.05. The molecule has 0 spiro atoms. The molecule has 0 radical (unpaired) electrons. The van der Waals surface area contributed by atoms with Crippen LogP contribution in [0.4, 0.5) is 5.95 Å². The summed E-state index contributed by atoms with van der Waals surface area (Å²) in [5.74, 6) is -1.23. The van der Waals surface area contributed by atoms with E-state index in [2.05, 4.69) is 15.0 Å². The summed E-state index contributed by atoms with van der Waals surface area (Å²) in [6, 6.07) is 0. The van der Waals surface area contributed by atoms with Crippen LogP contribution in [-0.2, 0) is 11.3 Å². The Morgan fingerprint density at radius 3 is 3.07 bits per heavy atom. The smallest absolute Gasteiger partial charge is 0.360 e. The Balaban J connectivity index is 2.64. The van der Waals surface area contributed by atoms with Gasteiger partial charge in [0.1, 0.15) is 0 Å².